The van der Waals surface area contributed by atoms with Crippen LogP contribution in [0, 0.1) is 13.8 Å². The van der Waals surface area contributed by atoms with Crippen LogP contribution in [0.4, 0.5) is 17.1 Å². The molecule has 11 rings (SSSR count). The van der Waals surface area contributed by atoms with E-state index < -0.39 is 5.41 Å². The number of anilines is 3. The van der Waals surface area contributed by atoms with Gasteiger partial charge in [0, 0.05) is 17.1 Å². The van der Waals surface area contributed by atoms with Crippen molar-refractivity contribution in [1.29, 1.82) is 0 Å². The molecule has 1 nitrogen and oxygen atoms in total. The van der Waals surface area contributed by atoms with E-state index in [1.54, 1.807) is 0 Å². The number of para-hydroxylation sites is 1. The number of hydrogen-bond donors (Lipinski definition) is 0. The number of benzene rings is 9. The van der Waals surface area contributed by atoms with Gasteiger partial charge in [-0.05, 0) is 144 Å². The molecule has 0 heterocycles. The third-order valence-corrected chi connectivity index (χ3v) is 11.8. The molecular weight excluding hydrogens is 627 g/mol. The van der Waals surface area contributed by atoms with Crippen LogP contribution in [0.2, 0.25) is 0 Å². The van der Waals surface area contributed by atoms with E-state index in [0.717, 1.165) is 11.4 Å². The van der Waals surface area contributed by atoms with Crippen LogP contribution in [-0.2, 0) is 5.41 Å². The first kappa shape index (κ1) is 29.3. The predicted octanol–water partition coefficient (Wildman–Crippen LogP) is 13.6. The third-order valence-electron chi connectivity index (χ3n) is 11.8. The fraction of sp³-hybridized carbons (Fsp3) is 0.0588. The predicted molar refractivity (Wildman–Crippen MR) is 219 cm³/mol. The van der Waals surface area contributed by atoms with Crippen molar-refractivity contribution in [3.8, 4) is 22.3 Å². The van der Waals surface area contributed by atoms with Crippen LogP contribution in [0.3, 0.4) is 0 Å². The van der Waals surface area contributed by atoms with E-state index in [-0.39, 0.29) is 0 Å². The van der Waals surface area contributed by atoms with Crippen molar-refractivity contribution >= 4 is 49.4 Å². The fourth-order valence-corrected chi connectivity index (χ4v) is 9.65. The standard InChI is InChI=1S/C51H35N/c1-32-24-25-33(2)48(28-32)52(36-14-4-3-5-15-36)37-27-26-34-30-44-47(31-35(34)29-37)51(45-22-12-10-18-40(45)41-19-11-13-23-46(41)51)50-43-21-9-7-17-39(43)38-16-6-8-20-42(38)49(44)50/h3-31H,1-2H3. The normalized spacial score (nSPS) is 13.3. The number of fused-ring (bicyclic) bond motifs is 16. The molecule has 2 aliphatic carbocycles. The van der Waals surface area contributed by atoms with Crippen LogP contribution in [0.25, 0.3) is 54.6 Å². The van der Waals surface area contributed by atoms with Gasteiger partial charge in [-0.25, -0.2) is 0 Å². The molecule has 244 valence electrons. The molecule has 52 heavy (non-hydrogen) atoms. The molecule has 2 aliphatic rings. The first-order valence-electron chi connectivity index (χ1n) is 18.3. The van der Waals surface area contributed by atoms with Gasteiger partial charge in [0.05, 0.1) is 5.41 Å². The van der Waals surface area contributed by atoms with Gasteiger partial charge in [-0.2, -0.15) is 0 Å². The second kappa shape index (κ2) is 10.8. The Hall–Kier alpha value is -6.44. The molecule has 0 N–H and O–H groups in total. The van der Waals surface area contributed by atoms with Crippen molar-refractivity contribution in [2.24, 2.45) is 0 Å². The van der Waals surface area contributed by atoms with Gasteiger partial charge in [0.15, 0.2) is 0 Å². The average Bonchev–Trinajstić information content (AvgIpc) is 3.66. The summed E-state index contributed by atoms with van der Waals surface area (Å²) >= 11 is 0. The Balaban J connectivity index is 1.27. The van der Waals surface area contributed by atoms with Crippen LogP contribution < -0.4 is 4.90 Å². The molecule has 0 aromatic heterocycles. The molecule has 0 radical (unpaired) electrons. The Morgan fingerprint density at radius 3 is 1.75 bits per heavy atom. The minimum Gasteiger partial charge on any atom is -0.310 e. The molecule has 0 amide bonds. The van der Waals surface area contributed by atoms with Crippen molar-refractivity contribution in [3.63, 3.8) is 0 Å². The van der Waals surface area contributed by atoms with Gasteiger partial charge in [0.1, 0.15) is 0 Å². The lowest BCUT2D eigenvalue weighted by molar-refractivity contribution is 0.803. The molecule has 0 bridgehead atoms. The number of rotatable bonds is 3. The second-order valence-electron chi connectivity index (χ2n) is 14.6. The van der Waals surface area contributed by atoms with Crippen molar-refractivity contribution in [2.45, 2.75) is 19.3 Å². The zero-order valence-corrected chi connectivity index (χ0v) is 29.2. The number of hydrogen-bond acceptors (Lipinski definition) is 1. The molecule has 0 saturated carbocycles. The van der Waals surface area contributed by atoms with Crippen molar-refractivity contribution in [1.82, 2.24) is 0 Å². The lowest BCUT2D eigenvalue weighted by atomic mass is 9.69. The van der Waals surface area contributed by atoms with E-state index >= 15 is 0 Å². The molecule has 0 unspecified atom stereocenters. The zero-order valence-electron chi connectivity index (χ0n) is 29.2. The van der Waals surface area contributed by atoms with E-state index in [1.807, 2.05) is 0 Å². The van der Waals surface area contributed by atoms with E-state index in [4.69, 9.17) is 0 Å². The lowest BCUT2D eigenvalue weighted by Gasteiger charge is -2.32. The Labute approximate surface area is 304 Å². The summed E-state index contributed by atoms with van der Waals surface area (Å²) in [5, 5.41) is 7.75. The highest BCUT2D eigenvalue weighted by atomic mass is 15.1. The number of aryl methyl sites for hydroxylation is 2. The summed E-state index contributed by atoms with van der Waals surface area (Å²) in [6.07, 6.45) is 0. The smallest absolute Gasteiger partial charge is 0.0731 e. The minimum absolute atomic E-state index is 0.460. The van der Waals surface area contributed by atoms with Crippen LogP contribution >= 0.6 is 0 Å². The van der Waals surface area contributed by atoms with E-state index in [1.165, 1.54) is 93.6 Å². The Bertz CT molecular complexity index is 2890. The molecule has 1 heteroatoms. The molecule has 9 aromatic carbocycles. The highest BCUT2D eigenvalue weighted by Gasteiger charge is 2.53. The van der Waals surface area contributed by atoms with E-state index in [0.29, 0.717) is 0 Å². The maximum absolute atomic E-state index is 2.53. The lowest BCUT2D eigenvalue weighted by Crippen LogP contribution is -2.26. The molecule has 0 aliphatic heterocycles. The van der Waals surface area contributed by atoms with Crippen LogP contribution in [0.15, 0.2) is 176 Å². The minimum atomic E-state index is -0.460. The largest absolute Gasteiger partial charge is 0.310 e. The quantitative estimate of drug-likeness (QED) is 0.170. The SMILES string of the molecule is Cc1ccc(C)c(N(c2ccccc2)c2ccc3cc4c(cc3c2)C2(c3ccccc3-c3ccccc32)c2c-4c3ccccc3c3ccccc23)c1. The first-order chi connectivity index (χ1) is 25.6. The Morgan fingerprint density at radius 2 is 1.02 bits per heavy atom. The summed E-state index contributed by atoms with van der Waals surface area (Å²) in [5.74, 6) is 0. The van der Waals surface area contributed by atoms with Gasteiger partial charge >= 0.3 is 0 Å². The summed E-state index contributed by atoms with van der Waals surface area (Å²) in [5.41, 5.74) is 16.4. The average molecular weight is 662 g/mol. The summed E-state index contributed by atoms with van der Waals surface area (Å²) in [6.45, 7) is 4.39. The van der Waals surface area contributed by atoms with Gasteiger partial charge in [-0.1, -0.05) is 133 Å². The number of nitrogens with zero attached hydrogens (tertiary/aromatic N) is 1. The van der Waals surface area contributed by atoms with Gasteiger partial charge < -0.3 is 4.90 Å². The maximum atomic E-state index is 2.53. The van der Waals surface area contributed by atoms with E-state index in [9.17, 15) is 0 Å². The molecule has 0 fully saturated rings. The summed E-state index contributed by atoms with van der Waals surface area (Å²) in [7, 11) is 0. The molecule has 1 spiro atoms. The van der Waals surface area contributed by atoms with Crippen molar-refractivity contribution in [2.75, 3.05) is 4.90 Å². The van der Waals surface area contributed by atoms with Gasteiger partial charge in [-0.3, -0.25) is 0 Å². The summed E-state index contributed by atoms with van der Waals surface area (Å²) in [6, 6.07) is 66.0. The van der Waals surface area contributed by atoms with Crippen LogP contribution in [0.1, 0.15) is 33.4 Å². The van der Waals surface area contributed by atoms with E-state index in [2.05, 4.69) is 195 Å². The zero-order chi connectivity index (χ0) is 34.6. The maximum Gasteiger partial charge on any atom is 0.0731 e. The Morgan fingerprint density at radius 1 is 0.404 bits per heavy atom. The summed E-state index contributed by atoms with van der Waals surface area (Å²) in [4.78, 5) is 2.42. The monoisotopic (exact) mass is 661 g/mol. The third kappa shape index (κ3) is 3.83. The van der Waals surface area contributed by atoms with Gasteiger partial charge in [-0.15, -0.1) is 0 Å². The van der Waals surface area contributed by atoms with Gasteiger partial charge in [0.2, 0.25) is 0 Å². The highest BCUT2D eigenvalue weighted by Crippen LogP contribution is 2.65. The van der Waals surface area contributed by atoms with Crippen LogP contribution in [-0.4, -0.2) is 0 Å². The molecule has 9 aromatic rings. The first-order valence-corrected chi connectivity index (χ1v) is 18.3. The second-order valence-corrected chi connectivity index (χ2v) is 14.6. The summed E-state index contributed by atoms with van der Waals surface area (Å²) < 4.78 is 0. The van der Waals surface area contributed by atoms with Crippen molar-refractivity contribution in [3.05, 3.63) is 209 Å². The fourth-order valence-electron chi connectivity index (χ4n) is 9.65. The Kier molecular flexibility index (Phi) is 6.08. The van der Waals surface area contributed by atoms with Crippen molar-refractivity contribution < 1.29 is 0 Å². The highest BCUT2D eigenvalue weighted by molar-refractivity contribution is 6.20. The van der Waals surface area contributed by atoms with Gasteiger partial charge in [0.25, 0.3) is 0 Å². The molecule has 0 atom stereocenters. The van der Waals surface area contributed by atoms with Crippen LogP contribution in [0.5, 0.6) is 0 Å². The molecule has 0 saturated heterocycles. The topological polar surface area (TPSA) is 3.24 Å². The molecular formula is C51H35N.